The lowest BCUT2D eigenvalue weighted by atomic mass is 10.1. The van der Waals surface area contributed by atoms with Gasteiger partial charge in [0.1, 0.15) is 0 Å². The zero-order chi connectivity index (χ0) is 16.6. The summed E-state index contributed by atoms with van der Waals surface area (Å²) in [5, 5.41) is 0.151. The molecule has 0 atom stereocenters. The molecular formula is C16H10ClF3N2O. The maximum atomic E-state index is 13.1. The highest BCUT2D eigenvalue weighted by Gasteiger charge is 2.35. The minimum absolute atomic E-state index is 0.190. The summed E-state index contributed by atoms with van der Waals surface area (Å²) in [6, 6.07) is 9.47. The first-order valence-corrected chi connectivity index (χ1v) is 7.04. The van der Waals surface area contributed by atoms with Crippen molar-refractivity contribution in [3.05, 3.63) is 75.3 Å². The second-order valence-corrected chi connectivity index (χ2v) is 5.42. The predicted molar refractivity (Wildman–Crippen MR) is 81.6 cm³/mol. The number of nitrogens with zero attached hydrogens (tertiary/aromatic N) is 2. The van der Waals surface area contributed by atoms with Crippen molar-refractivity contribution in [3.8, 4) is 0 Å². The van der Waals surface area contributed by atoms with Crippen molar-refractivity contribution in [2.24, 2.45) is 0 Å². The predicted octanol–water partition coefficient (Wildman–Crippen LogP) is 4.12. The minimum Gasteiger partial charge on any atom is -0.343 e. The second kappa shape index (κ2) is 5.70. The van der Waals surface area contributed by atoms with Crippen molar-refractivity contribution in [2.75, 3.05) is 0 Å². The SMILES string of the molecule is O=c1ccn(Cc2ccc(Cl)cc2)c2ccnc(C(F)(F)F)c12. The molecule has 3 aromatic rings. The van der Waals surface area contributed by atoms with Crippen molar-refractivity contribution in [1.82, 2.24) is 9.55 Å². The molecule has 0 aliphatic rings. The van der Waals surface area contributed by atoms with Crippen molar-refractivity contribution in [1.29, 1.82) is 0 Å². The Morgan fingerprint density at radius 2 is 1.78 bits per heavy atom. The number of alkyl halides is 3. The molecule has 0 aliphatic heterocycles. The van der Waals surface area contributed by atoms with Gasteiger partial charge >= 0.3 is 6.18 Å². The van der Waals surface area contributed by atoms with E-state index in [4.69, 9.17) is 11.6 Å². The zero-order valence-electron chi connectivity index (χ0n) is 11.6. The number of halogens is 4. The van der Waals surface area contributed by atoms with Crippen molar-refractivity contribution < 1.29 is 13.2 Å². The average molecular weight is 339 g/mol. The molecule has 3 rings (SSSR count). The number of aromatic nitrogens is 2. The fourth-order valence-electron chi connectivity index (χ4n) is 2.39. The number of hydrogen-bond donors (Lipinski definition) is 0. The summed E-state index contributed by atoms with van der Waals surface area (Å²) >= 11 is 5.82. The van der Waals surface area contributed by atoms with Crippen LogP contribution in [0, 0.1) is 0 Å². The van der Waals surface area contributed by atoms with Crippen molar-refractivity contribution >= 4 is 22.5 Å². The lowest BCUT2D eigenvalue weighted by Crippen LogP contribution is -2.17. The fraction of sp³-hybridized carbons (Fsp3) is 0.125. The van der Waals surface area contributed by atoms with Gasteiger partial charge in [-0.15, -0.1) is 0 Å². The largest absolute Gasteiger partial charge is 0.434 e. The second-order valence-electron chi connectivity index (χ2n) is 4.99. The first-order valence-electron chi connectivity index (χ1n) is 6.66. The van der Waals surface area contributed by atoms with Gasteiger partial charge in [-0.1, -0.05) is 23.7 Å². The van der Waals surface area contributed by atoms with Crippen LogP contribution < -0.4 is 5.43 Å². The van der Waals surface area contributed by atoms with Crippen molar-refractivity contribution in [2.45, 2.75) is 12.7 Å². The molecule has 0 aliphatic carbocycles. The molecule has 0 unspecified atom stereocenters. The Morgan fingerprint density at radius 3 is 2.43 bits per heavy atom. The molecule has 1 aromatic carbocycles. The van der Waals surface area contributed by atoms with Gasteiger partial charge in [-0.3, -0.25) is 9.78 Å². The van der Waals surface area contributed by atoms with E-state index in [9.17, 15) is 18.0 Å². The maximum absolute atomic E-state index is 13.1. The molecule has 7 heteroatoms. The summed E-state index contributed by atoms with van der Waals surface area (Å²) in [4.78, 5) is 15.3. The lowest BCUT2D eigenvalue weighted by molar-refractivity contribution is -0.139. The molecule has 0 N–H and O–H groups in total. The van der Waals surface area contributed by atoms with Gasteiger partial charge in [-0.25, -0.2) is 0 Å². The van der Waals surface area contributed by atoms with Gasteiger partial charge < -0.3 is 4.57 Å². The summed E-state index contributed by atoms with van der Waals surface area (Å²) < 4.78 is 40.8. The Balaban J connectivity index is 2.18. The summed E-state index contributed by atoms with van der Waals surface area (Å²) in [6.45, 7) is 0.315. The Labute approximate surface area is 134 Å². The molecule has 0 amide bonds. The van der Waals surface area contributed by atoms with E-state index in [1.807, 2.05) is 0 Å². The van der Waals surface area contributed by atoms with E-state index >= 15 is 0 Å². The van der Waals surface area contributed by atoms with Gasteiger partial charge in [0, 0.05) is 30.0 Å². The van der Waals surface area contributed by atoms with Crippen molar-refractivity contribution in [3.63, 3.8) is 0 Å². The zero-order valence-corrected chi connectivity index (χ0v) is 12.4. The summed E-state index contributed by atoms with van der Waals surface area (Å²) in [7, 11) is 0. The van der Waals surface area contributed by atoms with Crippen LogP contribution in [0.15, 0.2) is 53.6 Å². The van der Waals surface area contributed by atoms with Gasteiger partial charge in [0.25, 0.3) is 0 Å². The molecule has 0 fully saturated rings. The topological polar surface area (TPSA) is 34.9 Å². The third kappa shape index (κ3) is 3.07. The average Bonchev–Trinajstić information content (AvgIpc) is 2.51. The molecule has 0 bridgehead atoms. The van der Waals surface area contributed by atoms with Crippen LogP contribution in [-0.2, 0) is 12.7 Å². The van der Waals surface area contributed by atoms with Gasteiger partial charge in [-0.05, 0) is 23.8 Å². The monoisotopic (exact) mass is 338 g/mol. The van der Waals surface area contributed by atoms with Crippen LogP contribution in [0.25, 0.3) is 10.9 Å². The van der Waals surface area contributed by atoms with Gasteiger partial charge in [0.15, 0.2) is 11.1 Å². The molecule has 0 radical (unpaired) electrons. The Hall–Kier alpha value is -2.34. The van der Waals surface area contributed by atoms with Gasteiger partial charge in [0.05, 0.1) is 10.9 Å². The van der Waals surface area contributed by atoms with Crippen LogP contribution >= 0.6 is 11.6 Å². The van der Waals surface area contributed by atoms with Gasteiger partial charge in [-0.2, -0.15) is 13.2 Å². The van der Waals surface area contributed by atoms with Crippen LogP contribution in [0.4, 0.5) is 13.2 Å². The van der Waals surface area contributed by atoms with Gasteiger partial charge in [0.2, 0.25) is 0 Å². The Bertz CT molecular complexity index is 917. The van der Waals surface area contributed by atoms with E-state index in [0.717, 1.165) is 17.8 Å². The number of pyridine rings is 2. The van der Waals surface area contributed by atoms with E-state index < -0.39 is 22.7 Å². The molecule has 23 heavy (non-hydrogen) atoms. The standard InChI is InChI=1S/C16H10ClF3N2O/c17-11-3-1-10(2-4-11)9-22-8-6-13(23)14-12(22)5-7-21-15(14)16(18,19)20/h1-8H,9H2. The van der Waals surface area contributed by atoms with Crippen LogP contribution in [-0.4, -0.2) is 9.55 Å². The molecule has 3 nitrogen and oxygen atoms in total. The first-order chi connectivity index (χ1) is 10.9. The highest BCUT2D eigenvalue weighted by molar-refractivity contribution is 6.30. The number of hydrogen-bond acceptors (Lipinski definition) is 2. The molecule has 0 spiro atoms. The number of benzene rings is 1. The van der Waals surface area contributed by atoms with E-state index in [-0.39, 0.29) is 5.52 Å². The lowest BCUT2D eigenvalue weighted by Gasteiger charge is -2.14. The van der Waals surface area contributed by atoms with Crippen LogP contribution in [0.1, 0.15) is 11.3 Å². The van der Waals surface area contributed by atoms with E-state index in [1.165, 1.54) is 12.3 Å². The summed E-state index contributed by atoms with van der Waals surface area (Å²) in [5.41, 5.74) is -0.822. The van der Waals surface area contributed by atoms with Crippen LogP contribution in [0.5, 0.6) is 0 Å². The highest BCUT2D eigenvalue weighted by atomic mass is 35.5. The maximum Gasteiger partial charge on any atom is 0.434 e. The summed E-state index contributed by atoms with van der Waals surface area (Å²) in [6.07, 6.45) is -2.15. The fourth-order valence-corrected chi connectivity index (χ4v) is 2.52. The Morgan fingerprint density at radius 1 is 1.09 bits per heavy atom. The quantitative estimate of drug-likeness (QED) is 0.704. The van der Waals surface area contributed by atoms with E-state index in [1.54, 1.807) is 28.8 Å². The van der Waals surface area contributed by atoms with Crippen LogP contribution in [0.2, 0.25) is 5.02 Å². The first kappa shape index (κ1) is 15.6. The smallest absolute Gasteiger partial charge is 0.343 e. The molecule has 2 heterocycles. The minimum atomic E-state index is -4.68. The highest BCUT2D eigenvalue weighted by Crippen LogP contribution is 2.31. The third-order valence-electron chi connectivity index (χ3n) is 3.43. The third-order valence-corrected chi connectivity index (χ3v) is 3.68. The van der Waals surface area contributed by atoms with E-state index in [0.29, 0.717) is 11.6 Å². The normalized spacial score (nSPS) is 11.8. The summed E-state index contributed by atoms with van der Waals surface area (Å²) in [5.74, 6) is 0. The number of rotatable bonds is 2. The molecular weight excluding hydrogens is 329 g/mol. The molecule has 118 valence electrons. The molecule has 0 saturated heterocycles. The molecule has 2 aromatic heterocycles. The van der Waals surface area contributed by atoms with E-state index in [2.05, 4.69) is 4.98 Å². The van der Waals surface area contributed by atoms with Crippen LogP contribution in [0.3, 0.4) is 0 Å². The Kier molecular flexibility index (Phi) is 3.85. The molecule has 0 saturated carbocycles. The number of fused-ring (bicyclic) bond motifs is 1.